The predicted octanol–water partition coefficient (Wildman–Crippen LogP) is 3.94. The van der Waals surface area contributed by atoms with Crippen molar-refractivity contribution in [3.8, 4) is 0 Å². The maximum Gasteiger partial charge on any atom is 0.341 e. The number of anilines is 1. The number of hydrogen-bond donors (Lipinski definition) is 2. The predicted molar refractivity (Wildman–Crippen MR) is 100 cm³/mol. The molecule has 0 saturated heterocycles. The molecule has 142 valence electrons. The Bertz CT molecular complexity index is 1090. The number of benzene rings is 2. The summed E-state index contributed by atoms with van der Waals surface area (Å²) in [6, 6.07) is 9.74. The van der Waals surface area contributed by atoms with Crippen LogP contribution in [0.1, 0.15) is 0 Å². The molecule has 27 heavy (non-hydrogen) atoms. The third-order valence-corrected chi connectivity index (χ3v) is 5.97. The summed E-state index contributed by atoms with van der Waals surface area (Å²) in [5.74, 6) is -3.80. The first-order valence-electron chi connectivity index (χ1n) is 7.46. The number of aromatic nitrogens is 2. The fourth-order valence-electron chi connectivity index (χ4n) is 2.19. The number of carbonyl (C=O) groups excluding carboxylic acids is 1. The maximum absolute atomic E-state index is 12.5. The quantitative estimate of drug-likeness (QED) is 0.577. The molecule has 0 atom stereocenters. The number of rotatable bonds is 6. The number of amides is 1. The first kappa shape index (κ1) is 19.6. The number of H-pyrrole nitrogens is 1. The van der Waals surface area contributed by atoms with Crippen LogP contribution in [0.5, 0.6) is 0 Å². The topological polar surface area (TPSA) is 91.9 Å². The number of alkyl halides is 2. The van der Waals surface area contributed by atoms with E-state index >= 15 is 0 Å². The Morgan fingerprint density at radius 3 is 2.59 bits per heavy atom. The Labute approximate surface area is 162 Å². The number of aromatic amines is 1. The Balaban J connectivity index is 1.60. The number of sulfone groups is 1. The molecule has 3 aromatic rings. The van der Waals surface area contributed by atoms with Crippen LogP contribution in [-0.2, 0) is 14.6 Å². The maximum atomic E-state index is 12.5. The van der Waals surface area contributed by atoms with Crippen molar-refractivity contribution in [1.82, 2.24) is 9.97 Å². The van der Waals surface area contributed by atoms with Crippen molar-refractivity contribution in [3.05, 3.63) is 47.5 Å². The van der Waals surface area contributed by atoms with Gasteiger partial charge in [0.1, 0.15) is 0 Å². The van der Waals surface area contributed by atoms with Crippen molar-refractivity contribution in [1.29, 1.82) is 0 Å². The lowest BCUT2D eigenvalue weighted by atomic mass is 10.3. The molecule has 0 aliphatic rings. The number of nitrogens with one attached hydrogen (secondary N) is 2. The lowest BCUT2D eigenvalue weighted by Gasteiger charge is -2.06. The largest absolute Gasteiger partial charge is 0.341 e. The summed E-state index contributed by atoms with van der Waals surface area (Å²) in [6.45, 7) is 0. The van der Waals surface area contributed by atoms with Crippen LogP contribution in [-0.4, -0.2) is 35.8 Å². The van der Waals surface area contributed by atoms with Gasteiger partial charge in [-0.05, 0) is 42.5 Å². The van der Waals surface area contributed by atoms with Crippen molar-refractivity contribution < 1.29 is 22.0 Å². The summed E-state index contributed by atoms with van der Waals surface area (Å²) in [5, 5.41) is 3.67. The normalized spacial score (nSPS) is 11.9. The molecule has 0 aliphatic carbocycles. The number of fused-ring (bicyclic) bond motifs is 1. The average Bonchev–Trinajstić information content (AvgIpc) is 3.02. The van der Waals surface area contributed by atoms with E-state index in [1.54, 1.807) is 18.2 Å². The second-order valence-corrected chi connectivity index (χ2v) is 8.69. The summed E-state index contributed by atoms with van der Waals surface area (Å²) in [7, 11) is -4.66. The van der Waals surface area contributed by atoms with E-state index in [2.05, 4.69) is 15.3 Å². The molecule has 0 spiro atoms. The number of nitrogens with zero attached hydrogens (tertiary/aromatic N) is 1. The fourth-order valence-corrected chi connectivity index (χ4v) is 3.77. The summed E-state index contributed by atoms with van der Waals surface area (Å²) in [6.07, 6.45) is 0. The van der Waals surface area contributed by atoms with Crippen LogP contribution in [0.25, 0.3) is 11.0 Å². The molecule has 1 heterocycles. The Morgan fingerprint density at radius 2 is 1.93 bits per heavy atom. The SMILES string of the molecule is O=C(CSc1nc2ccc(Cl)cc2[nH]1)Nc1ccc(S(=O)(=O)C(F)F)cc1. The van der Waals surface area contributed by atoms with Gasteiger partial charge in [0.15, 0.2) is 5.16 Å². The lowest BCUT2D eigenvalue weighted by molar-refractivity contribution is -0.113. The van der Waals surface area contributed by atoms with Gasteiger partial charge in [0.05, 0.1) is 21.7 Å². The highest BCUT2D eigenvalue weighted by molar-refractivity contribution is 7.99. The first-order chi connectivity index (χ1) is 12.8. The van der Waals surface area contributed by atoms with E-state index in [9.17, 15) is 22.0 Å². The van der Waals surface area contributed by atoms with Crippen molar-refractivity contribution in [2.75, 3.05) is 11.1 Å². The van der Waals surface area contributed by atoms with Crippen molar-refractivity contribution in [2.45, 2.75) is 15.8 Å². The highest BCUT2D eigenvalue weighted by Crippen LogP contribution is 2.23. The number of halogens is 3. The molecular formula is C16H12ClF2N3O3S2. The molecule has 3 rings (SSSR count). The van der Waals surface area contributed by atoms with Crippen LogP contribution in [0, 0.1) is 0 Å². The van der Waals surface area contributed by atoms with Crippen LogP contribution in [0.2, 0.25) is 5.02 Å². The van der Waals surface area contributed by atoms with E-state index in [0.29, 0.717) is 15.9 Å². The van der Waals surface area contributed by atoms with Crippen molar-refractivity contribution in [2.24, 2.45) is 0 Å². The molecule has 11 heteroatoms. The number of thioether (sulfide) groups is 1. The minimum absolute atomic E-state index is 0.0463. The van der Waals surface area contributed by atoms with Gasteiger partial charge in [0.2, 0.25) is 15.7 Å². The zero-order valence-corrected chi connectivity index (χ0v) is 15.8. The lowest BCUT2D eigenvalue weighted by Crippen LogP contribution is -2.15. The first-order valence-corrected chi connectivity index (χ1v) is 10.4. The third kappa shape index (κ3) is 4.57. The Morgan fingerprint density at radius 1 is 1.22 bits per heavy atom. The van der Waals surface area contributed by atoms with Crippen LogP contribution in [0.3, 0.4) is 0 Å². The zero-order chi connectivity index (χ0) is 19.6. The molecule has 0 radical (unpaired) electrons. The fraction of sp³-hybridized carbons (Fsp3) is 0.125. The standard InChI is InChI=1S/C16H12ClF2N3O3S2/c17-9-1-6-12-13(7-9)22-16(21-12)26-8-14(23)20-10-2-4-11(5-3-10)27(24,25)15(18)19/h1-7,15H,8H2,(H,20,23)(H,21,22). The Kier molecular flexibility index (Phi) is 5.68. The van der Waals surface area contributed by atoms with E-state index in [1.165, 1.54) is 23.9 Å². The molecular weight excluding hydrogens is 420 g/mol. The zero-order valence-electron chi connectivity index (χ0n) is 13.4. The summed E-state index contributed by atoms with van der Waals surface area (Å²) < 4.78 is 47.7. The van der Waals surface area contributed by atoms with E-state index in [0.717, 1.165) is 23.2 Å². The smallest absolute Gasteiger partial charge is 0.333 e. The molecule has 1 aromatic heterocycles. The minimum Gasteiger partial charge on any atom is -0.333 e. The molecule has 6 nitrogen and oxygen atoms in total. The van der Waals surface area contributed by atoms with Crippen molar-refractivity contribution in [3.63, 3.8) is 0 Å². The highest BCUT2D eigenvalue weighted by atomic mass is 35.5. The van der Waals surface area contributed by atoms with Gasteiger partial charge < -0.3 is 10.3 Å². The third-order valence-electron chi connectivity index (χ3n) is 3.46. The molecule has 0 unspecified atom stereocenters. The van der Waals surface area contributed by atoms with Gasteiger partial charge in [-0.1, -0.05) is 23.4 Å². The van der Waals surface area contributed by atoms with Gasteiger partial charge in [-0.25, -0.2) is 13.4 Å². The summed E-state index contributed by atoms with van der Waals surface area (Å²) in [5.41, 5.74) is 1.77. The molecule has 0 fully saturated rings. The average molecular weight is 432 g/mol. The van der Waals surface area contributed by atoms with E-state index in [-0.39, 0.29) is 11.7 Å². The van der Waals surface area contributed by atoms with Crippen molar-refractivity contribution >= 4 is 55.8 Å². The molecule has 0 bridgehead atoms. The van der Waals surface area contributed by atoms with Crippen LogP contribution in [0.4, 0.5) is 14.5 Å². The Hall–Kier alpha value is -2.17. The molecule has 2 N–H and O–H groups in total. The molecule has 1 amide bonds. The van der Waals surface area contributed by atoms with Crippen LogP contribution in [0.15, 0.2) is 52.5 Å². The van der Waals surface area contributed by atoms with E-state index in [4.69, 9.17) is 11.6 Å². The van der Waals surface area contributed by atoms with Gasteiger partial charge in [0, 0.05) is 10.7 Å². The summed E-state index contributed by atoms with van der Waals surface area (Å²) >= 11 is 7.08. The van der Waals surface area contributed by atoms with Gasteiger partial charge in [-0.2, -0.15) is 8.78 Å². The second kappa shape index (κ2) is 7.83. The molecule has 0 saturated carbocycles. The molecule has 2 aromatic carbocycles. The minimum atomic E-state index is -4.66. The number of carbonyl (C=O) groups is 1. The van der Waals surface area contributed by atoms with Crippen LogP contribution < -0.4 is 5.32 Å². The van der Waals surface area contributed by atoms with Gasteiger partial charge >= 0.3 is 5.76 Å². The monoisotopic (exact) mass is 431 g/mol. The number of hydrogen-bond acceptors (Lipinski definition) is 5. The molecule has 0 aliphatic heterocycles. The summed E-state index contributed by atoms with van der Waals surface area (Å²) in [4.78, 5) is 18.9. The van der Waals surface area contributed by atoms with Crippen LogP contribution >= 0.6 is 23.4 Å². The van der Waals surface area contributed by atoms with E-state index < -0.39 is 20.5 Å². The van der Waals surface area contributed by atoms with Gasteiger partial charge in [-0.3, -0.25) is 4.79 Å². The number of imidazole rings is 1. The van der Waals surface area contributed by atoms with Gasteiger partial charge in [-0.15, -0.1) is 0 Å². The second-order valence-electron chi connectivity index (χ2n) is 5.37. The van der Waals surface area contributed by atoms with Gasteiger partial charge in [0.25, 0.3) is 0 Å². The van der Waals surface area contributed by atoms with E-state index in [1.807, 2.05) is 0 Å². The highest BCUT2D eigenvalue weighted by Gasteiger charge is 2.26.